The van der Waals surface area contributed by atoms with E-state index in [2.05, 4.69) is 33.9 Å². The highest BCUT2D eigenvalue weighted by Crippen LogP contribution is 2.33. The summed E-state index contributed by atoms with van der Waals surface area (Å²) in [4.78, 5) is 6.87. The maximum Gasteiger partial charge on any atom is 0.180 e. The van der Waals surface area contributed by atoms with E-state index in [1.165, 1.54) is 0 Å². The van der Waals surface area contributed by atoms with Gasteiger partial charge in [-0.3, -0.25) is 10.00 Å². The first-order chi connectivity index (χ1) is 11.1. The number of hydrogen-bond acceptors (Lipinski definition) is 5. The fourth-order valence-corrected chi connectivity index (χ4v) is 3.68. The SMILES string of the molecule is CCCc1nc([C@@H]2CN(CC3(O)CCC(C)CC3)CCO2)n[nH]1. The number of H-pyrrole nitrogens is 1. The van der Waals surface area contributed by atoms with Crippen LogP contribution in [0.4, 0.5) is 0 Å². The molecular weight excluding hydrogens is 292 g/mol. The van der Waals surface area contributed by atoms with Gasteiger partial charge in [0.2, 0.25) is 0 Å². The first-order valence-corrected chi connectivity index (χ1v) is 9.05. The van der Waals surface area contributed by atoms with Crippen LogP contribution < -0.4 is 0 Å². The Balaban J connectivity index is 1.57. The molecule has 0 spiro atoms. The quantitative estimate of drug-likeness (QED) is 0.868. The Morgan fingerprint density at radius 2 is 2.17 bits per heavy atom. The number of nitrogens with zero attached hydrogens (tertiary/aromatic N) is 3. The first-order valence-electron chi connectivity index (χ1n) is 9.05. The number of ether oxygens (including phenoxy) is 1. The van der Waals surface area contributed by atoms with Crippen LogP contribution in [0.15, 0.2) is 0 Å². The van der Waals surface area contributed by atoms with Crippen molar-refractivity contribution >= 4 is 0 Å². The van der Waals surface area contributed by atoms with E-state index in [1.54, 1.807) is 0 Å². The van der Waals surface area contributed by atoms with Crippen LogP contribution in [0.2, 0.25) is 0 Å². The molecule has 0 radical (unpaired) electrons. The molecule has 1 atom stereocenters. The van der Waals surface area contributed by atoms with Crippen molar-refractivity contribution in [2.45, 2.75) is 64.1 Å². The van der Waals surface area contributed by atoms with Gasteiger partial charge in [0, 0.05) is 26.1 Å². The van der Waals surface area contributed by atoms with Gasteiger partial charge in [-0.2, -0.15) is 5.10 Å². The van der Waals surface area contributed by atoms with Crippen LogP contribution in [-0.4, -0.2) is 57.0 Å². The van der Waals surface area contributed by atoms with Gasteiger partial charge in [-0.15, -0.1) is 0 Å². The average Bonchev–Trinajstić information content (AvgIpc) is 3.00. The molecule has 1 aromatic rings. The summed E-state index contributed by atoms with van der Waals surface area (Å²) in [5.74, 6) is 2.43. The van der Waals surface area contributed by atoms with Crippen molar-refractivity contribution in [2.75, 3.05) is 26.2 Å². The molecule has 2 N–H and O–H groups in total. The second kappa shape index (κ2) is 7.28. The lowest BCUT2D eigenvalue weighted by molar-refractivity contribution is -0.0821. The second-order valence-electron chi connectivity index (χ2n) is 7.39. The Morgan fingerprint density at radius 3 is 2.91 bits per heavy atom. The summed E-state index contributed by atoms with van der Waals surface area (Å²) >= 11 is 0. The lowest BCUT2D eigenvalue weighted by atomic mass is 9.79. The van der Waals surface area contributed by atoms with E-state index >= 15 is 0 Å². The summed E-state index contributed by atoms with van der Waals surface area (Å²) in [5, 5.41) is 18.2. The van der Waals surface area contributed by atoms with Crippen molar-refractivity contribution in [2.24, 2.45) is 5.92 Å². The summed E-state index contributed by atoms with van der Waals surface area (Å²) in [6, 6.07) is 0. The van der Waals surface area contributed by atoms with Crippen LogP contribution in [-0.2, 0) is 11.2 Å². The van der Waals surface area contributed by atoms with E-state index < -0.39 is 5.60 Å². The summed E-state index contributed by atoms with van der Waals surface area (Å²) in [5.41, 5.74) is -0.527. The minimum absolute atomic E-state index is 0.0864. The molecular formula is C17H30N4O2. The van der Waals surface area contributed by atoms with E-state index in [1.807, 2.05) is 0 Å². The van der Waals surface area contributed by atoms with Crippen molar-refractivity contribution < 1.29 is 9.84 Å². The monoisotopic (exact) mass is 322 g/mol. The first kappa shape index (κ1) is 16.9. The molecule has 1 aromatic heterocycles. The number of morpholine rings is 1. The van der Waals surface area contributed by atoms with Crippen LogP contribution in [0.25, 0.3) is 0 Å². The van der Waals surface area contributed by atoms with Gasteiger partial charge in [0.1, 0.15) is 11.9 Å². The highest BCUT2D eigenvalue weighted by atomic mass is 16.5. The Kier molecular flexibility index (Phi) is 5.34. The fraction of sp³-hybridized carbons (Fsp3) is 0.882. The lowest BCUT2D eigenvalue weighted by Crippen LogP contribution is -2.49. The highest BCUT2D eigenvalue weighted by molar-refractivity contribution is 4.98. The van der Waals surface area contributed by atoms with Crippen molar-refractivity contribution in [1.82, 2.24) is 20.1 Å². The Labute approximate surface area is 138 Å². The molecule has 0 aromatic carbocycles. The van der Waals surface area contributed by atoms with Gasteiger partial charge in [0.15, 0.2) is 5.82 Å². The molecule has 23 heavy (non-hydrogen) atoms. The van der Waals surface area contributed by atoms with E-state index in [9.17, 15) is 5.11 Å². The molecule has 0 unspecified atom stereocenters. The zero-order valence-electron chi connectivity index (χ0n) is 14.4. The molecule has 1 saturated carbocycles. The van der Waals surface area contributed by atoms with Crippen LogP contribution >= 0.6 is 0 Å². The predicted molar refractivity (Wildman–Crippen MR) is 88.1 cm³/mol. The fourth-order valence-electron chi connectivity index (χ4n) is 3.68. The normalized spacial score (nSPS) is 33.0. The highest BCUT2D eigenvalue weighted by Gasteiger charge is 2.35. The Bertz CT molecular complexity index is 497. The molecule has 0 bridgehead atoms. The number of nitrogens with one attached hydrogen (secondary N) is 1. The van der Waals surface area contributed by atoms with Crippen molar-refractivity contribution in [3.05, 3.63) is 11.6 Å². The zero-order valence-corrected chi connectivity index (χ0v) is 14.4. The van der Waals surface area contributed by atoms with E-state index in [-0.39, 0.29) is 6.10 Å². The number of rotatable bonds is 5. The molecule has 6 nitrogen and oxygen atoms in total. The van der Waals surface area contributed by atoms with Gasteiger partial charge in [0.25, 0.3) is 0 Å². The van der Waals surface area contributed by atoms with Gasteiger partial charge in [0.05, 0.1) is 12.2 Å². The number of aliphatic hydroxyl groups is 1. The third-order valence-corrected chi connectivity index (χ3v) is 5.20. The van der Waals surface area contributed by atoms with Crippen LogP contribution in [0.3, 0.4) is 0 Å². The zero-order chi connectivity index (χ0) is 16.3. The number of hydrogen-bond donors (Lipinski definition) is 2. The Morgan fingerprint density at radius 1 is 1.39 bits per heavy atom. The second-order valence-corrected chi connectivity index (χ2v) is 7.39. The summed E-state index contributed by atoms with van der Waals surface area (Å²) < 4.78 is 5.86. The molecule has 1 aliphatic carbocycles. The van der Waals surface area contributed by atoms with Gasteiger partial charge in [-0.05, 0) is 38.0 Å². The molecule has 2 aliphatic rings. The predicted octanol–water partition coefficient (Wildman–Crippen LogP) is 2.07. The largest absolute Gasteiger partial charge is 0.389 e. The number of β-amino-alcohol motifs (C(OH)–C–C–N with tert-alkyl or cyclic N) is 1. The lowest BCUT2D eigenvalue weighted by Gasteiger charge is -2.41. The van der Waals surface area contributed by atoms with Gasteiger partial charge >= 0.3 is 0 Å². The van der Waals surface area contributed by atoms with Gasteiger partial charge in [-0.25, -0.2) is 4.98 Å². The van der Waals surface area contributed by atoms with E-state index in [0.717, 1.165) is 75.7 Å². The molecule has 1 saturated heterocycles. The Hall–Kier alpha value is -0.980. The minimum Gasteiger partial charge on any atom is -0.389 e. The molecule has 1 aliphatic heterocycles. The third kappa shape index (κ3) is 4.31. The van der Waals surface area contributed by atoms with Gasteiger partial charge < -0.3 is 9.84 Å². The van der Waals surface area contributed by atoms with Crippen molar-refractivity contribution in [1.29, 1.82) is 0 Å². The summed E-state index contributed by atoms with van der Waals surface area (Å²) in [7, 11) is 0. The summed E-state index contributed by atoms with van der Waals surface area (Å²) in [6.45, 7) is 7.47. The third-order valence-electron chi connectivity index (χ3n) is 5.20. The number of aromatic amines is 1. The maximum absolute atomic E-state index is 10.9. The summed E-state index contributed by atoms with van der Waals surface area (Å²) in [6.07, 6.45) is 5.97. The van der Waals surface area contributed by atoms with Gasteiger partial charge in [-0.1, -0.05) is 13.8 Å². The van der Waals surface area contributed by atoms with E-state index in [4.69, 9.17) is 4.74 Å². The number of aryl methyl sites for hydroxylation is 1. The molecule has 0 amide bonds. The van der Waals surface area contributed by atoms with Crippen molar-refractivity contribution in [3.8, 4) is 0 Å². The molecule has 6 heteroatoms. The van der Waals surface area contributed by atoms with Crippen LogP contribution in [0.1, 0.15) is 63.7 Å². The molecule has 2 fully saturated rings. The van der Waals surface area contributed by atoms with Crippen LogP contribution in [0.5, 0.6) is 0 Å². The average molecular weight is 322 g/mol. The molecule has 2 heterocycles. The maximum atomic E-state index is 10.9. The van der Waals surface area contributed by atoms with Crippen LogP contribution in [0, 0.1) is 5.92 Å². The molecule has 130 valence electrons. The van der Waals surface area contributed by atoms with E-state index in [0.29, 0.717) is 6.61 Å². The smallest absolute Gasteiger partial charge is 0.180 e. The topological polar surface area (TPSA) is 74.3 Å². The molecule has 3 rings (SSSR count). The standard InChI is InChI=1S/C17H30N4O2/c1-3-4-15-18-16(20-19-15)14-11-21(9-10-23-14)12-17(22)7-5-13(2)6-8-17/h13-14,22H,3-12H2,1-2H3,(H,18,19,20)/t13?,14-,17?/m0/s1. The van der Waals surface area contributed by atoms with Crippen molar-refractivity contribution in [3.63, 3.8) is 0 Å². The minimum atomic E-state index is -0.527. The number of aromatic nitrogens is 3.